The number of carbonyl (C=O) groups excluding carboxylic acids is 1. The molecule has 0 unspecified atom stereocenters. The summed E-state index contributed by atoms with van der Waals surface area (Å²) in [7, 11) is 0. The lowest BCUT2D eigenvalue weighted by molar-refractivity contribution is -0.152. The quantitative estimate of drug-likeness (QED) is 0.579. The van der Waals surface area contributed by atoms with Crippen LogP contribution in [0.25, 0.3) is 0 Å². The van der Waals surface area contributed by atoms with E-state index >= 15 is 0 Å². The molecule has 74 valence electrons. The van der Waals surface area contributed by atoms with E-state index in [1.807, 2.05) is 0 Å². The molecule has 3 atom stereocenters. The number of esters is 1. The van der Waals surface area contributed by atoms with Gasteiger partial charge < -0.3 is 9.47 Å². The third kappa shape index (κ3) is 1.85. The van der Waals surface area contributed by atoms with Crippen LogP contribution in [0.1, 0.15) is 32.6 Å². The Morgan fingerprint density at radius 1 is 1.38 bits per heavy atom. The number of rotatable bonds is 1. The Labute approximate surface area is 78.4 Å². The third-order valence-electron chi connectivity index (χ3n) is 3.03. The Balaban J connectivity index is 1.97. The summed E-state index contributed by atoms with van der Waals surface area (Å²) >= 11 is 0. The second-order valence-electron chi connectivity index (χ2n) is 3.94. The smallest absolute Gasteiger partial charge is 0.302 e. The Bertz CT molecular complexity index is 202. The van der Waals surface area contributed by atoms with Crippen LogP contribution in [0, 0.1) is 5.92 Å². The molecule has 3 heteroatoms. The monoisotopic (exact) mass is 184 g/mol. The van der Waals surface area contributed by atoms with E-state index in [-0.39, 0.29) is 12.1 Å². The molecule has 0 bridgehead atoms. The molecule has 3 nitrogen and oxygen atoms in total. The third-order valence-corrected chi connectivity index (χ3v) is 3.03. The second kappa shape index (κ2) is 3.66. The van der Waals surface area contributed by atoms with Gasteiger partial charge in [-0.2, -0.15) is 0 Å². The molecule has 0 aromatic carbocycles. The minimum atomic E-state index is -0.155. The van der Waals surface area contributed by atoms with Crippen molar-refractivity contribution in [1.29, 1.82) is 0 Å². The van der Waals surface area contributed by atoms with Crippen LogP contribution in [0.15, 0.2) is 0 Å². The lowest BCUT2D eigenvalue weighted by atomic mass is 9.83. The van der Waals surface area contributed by atoms with Gasteiger partial charge in [-0.3, -0.25) is 4.79 Å². The zero-order valence-electron chi connectivity index (χ0n) is 7.99. The fourth-order valence-electron chi connectivity index (χ4n) is 2.48. The zero-order valence-corrected chi connectivity index (χ0v) is 7.99. The van der Waals surface area contributed by atoms with E-state index in [1.165, 1.54) is 6.92 Å². The van der Waals surface area contributed by atoms with Gasteiger partial charge in [0.15, 0.2) is 0 Å². The first-order valence-electron chi connectivity index (χ1n) is 5.06. The minimum Gasteiger partial charge on any atom is -0.462 e. The highest BCUT2D eigenvalue weighted by Gasteiger charge is 2.39. The van der Waals surface area contributed by atoms with Crippen molar-refractivity contribution in [2.24, 2.45) is 5.92 Å². The van der Waals surface area contributed by atoms with E-state index in [2.05, 4.69) is 0 Å². The Kier molecular flexibility index (Phi) is 2.54. The largest absolute Gasteiger partial charge is 0.462 e. The standard InChI is InChI=1S/C10H16O3/c1-7(11)13-10-4-2-3-9-8(10)5-6-12-9/h8-10H,2-6H2,1H3/t8-,9-,10+/m0/s1. The van der Waals surface area contributed by atoms with E-state index in [1.54, 1.807) is 0 Å². The van der Waals surface area contributed by atoms with Crippen LogP contribution in [0.3, 0.4) is 0 Å². The average molecular weight is 184 g/mol. The van der Waals surface area contributed by atoms with Crippen molar-refractivity contribution >= 4 is 5.97 Å². The van der Waals surface area contributed by atoms with Crippen LogP contribution >= 0.6 is 0 Å². The summed E-state index contributed by atoms with van der Waals surface area (Å²) in [5.74, 6) is 0.315. The van der Waals surface area contributed by atoms with Gasteiger partial charge >= 0.3 is 5.97 Å². The first kappa shape index (κ1) is 9.00. The molecule has 1 heterocycles. The first-order valence-corrected chi connectivity index (χ1v) is 5.06. The molecule has 0 aromatic heterocycles. The molecule has 1 saturated heterocycles. The molecular formula is C10H16O3. The van der Waals surface area contributed by atoms with E-state index in [0.29, 0.717) is 12.0 Å². The van der Waals surface area contributed by atoms with E-state index in [9.17, 15) is 4.79 Å². The summed E-state index contributed by atoms with van der Waals surface area (Å²) in [5.41, 5.74) is 0. The highest BCUT2D eigenvalue weighted by molar-refractivity contribution is 5.66. The molecule has 0 radical (unpaired) electrons. The summed E-state index contributed by atoms with van der Waals surface area (Å²) in [5, 5.41) is 0. The van der Waals surface area contributed by atoms with E-state index in [0.717, 1.165) is 32.3 Å². The SMILES string of the molecule is CC(=O)O[C@@H]1CCC[C@@H]2OCC[C@@H]21. The van der Waals surface area contributed by atoms with Crippen molar-refractivity contribution in [2.75, 3.05) is 6.61 Å². The molecule has 2 aliphatic rings. The molecule has 0 N–H and O–H groups in total. The molecular weight excluding hydrogens is 168 g/mol. The maximum absolute atomic E-state index is 10.8. The fraction of sp³-hybridized carbons (Fsp3) is 0.900. The Morgan fingerprint density at radius 2 is 2.23 bits per heavy atom. The van der Waals surface area contributed by atoms with Crippen LogP contribution in [0.5, 0.6) is 0 Å². The number of carbonyl (C=O) groups is 1. The van der Waals surface area contributed by atoms with Gasteiger partial charge in [0.1, 0.15) is 6.10 Å². The van der Waals surface area contributed by atoms with Gasteiger partial charge in [-0.1, -0.05) is 0 Å². The maximum Gasteiger partial charge on any atom is 0.302 e. The number of ether oxygens (including phenoxy) is 2. The zero-order chi connectivity index (χ0) is 9.26. The second-order valence-corrected chi connectivity index (χ2v) is 3.94. The topological polar surface area (TPSA) is 35.5 Å². The lowest BCUT2D eigenvalue weighted by Crippen LogP contribution is -2.35. The predicted molar refractivity (Wildman–Crippen MR) is 47.3 cm³/mol. The molecule has 0 spiro atoms. The summed E-state index contributed by atoms with van der Waals surface area (Å²) in [4.78, 5) is 10.8. The first-order chi connectivity index (χ1) is 6.27. The van der Waals surface area contributed by atoms with Crippen LogP contribution in [-0.4, -0.2) is 24.8 Å². The van der Waals surface area contributed by atoms with Crippen molar-refractivity contribution in [3.8, 4) is 0 Å². The Morgan fingerprint density at radius 3 is 3.00 bits per heavy atom. The number of hydrogen-bond acceptors (Lipinski definition) is 3. The molecule has 2 rings (SSSR count). The predicted octanol–water partition coefficient (Wildman–Crippen LogP) is 1.51. The van der Waals surface area contributed by atoms with Crippen molar-refractivity contribution in [3.05, 3.63) is 0 Å². The van der Waals surface area contributed by atoms with Gasteiger partial charge in [0.05, 0.1) is 6.10 Å². The van der Waals surface area contributed by atoms with Gasteiger partial charge in [-0.15, -0.1) is 0 Å². The van der Waals surface area contributed by atoms with Crippen molar-refractivity contribution in [1.82, 2.24) is 0 Å². The van der Waals surface area contributed by atoms with Crippen LogP contribution in [0.4, 0.5) is 0 Å². The molecule has 13 heavy (non-hydrogen) atoms. The van der Waals surface area contributed by atoms with Gasteiger partial charge in [-0.25, -0.2) is 0 Å². The number of fused-ring (bicyclic) bond motifs is 1. The van der Waals surface area contributed by atoms with Crippen molar-refractivity contribution in [3.63, 3.8) is 0 Å². The highest BCUT2D eigenvalue weighted by atomic mass is 16.5. The summed E-state index contributed by atoms with van der Waals surface area (Å²) in [6.45, 7) is 2.33. The highest BCUT2D eigenvalue weighted by Crippen LogP contribution is 2.35. The fourth-order valence-corrected chi connectivity index (χ4v) is 2.48. The van der Waals surface area contributed by atoms with Crippen molar-refractivity contribution < 1.29 is 14.3 Å². The van der Waals surface area contributed by atoms with Gasteiger partial charge in [0.2, 0.25) is 0 Å². The van der Waals surface area contributed by atoms with Gasteiger partial charge in [0.25, 0.3) is 0 Å². The lowest BCUT2D eigenvalue weighted by Gasteiger charge is -2.31. The maximum atomic E-state index is 10.8. The molecule has 1 saturated carbocycles. The normalized spacial score (nSPS) is 38.4. The molecule has 0 amide bonds. The molecule has 2 fully saturated rings. The summed E-state index contributed by atoms with van der Waals surface area (Å²) < 4.78 is 10.9. The van der Waals surface area contributed by atoms with Gasteiger partial charge in [0, 0.05) is 19.4 Å². The van der Waals surface area contributed by atoms with E-state index in [4.69, 9.17) is 9.47 Å². The minimum absolute atomic E-state index is 0.124. The van der Waals surface area contributed by atoms with Gasteiger partial charge in [-0.05, 0) is 25.7 Å². The number of hydrogen-bond donors (Lipinski definition) is 0. The summed E-state index contributed by atoms with van der Waals surface area (Å²) in [6, 6.07) is 0. The molecule has 1 aliphatic heterocycles. The van der Waals surface area contributed by atoms with Crippen LogP contribution < -0.4 is 0 Å². The summed E-state index contributed by atoms with van der Waals surface area (Å²) in [6.07, 6.45) is 4.82. The molecule has 1 aliphatic carbocycles. The van der Waals surface area contributed by atoms with E-state index < -0.39 is 0 Å². The van der Waals surface area contributed by atoms with Crippen LogP contribution in [0.2, 0.25) is 0 Å². The Hall–Kier alpha value is -0.570. The molecule has 0 aromatic rings. The van der Waals surface area contributed by atoms with Crippen molar-refractivity contribution in [2.45, 2.75) is 44.8 Å². The average Bonchev–Trinajstić information content (AvgIpc) is 2.51. The van der Waals surface area contributed by atoms with Crippen LogP contribution in [-0.2, 0) is 14.3 Å².